The summed E-state index contributed by atoms with van der Waals surface area (Å²) in [6, 6.07) is 0. The third kappa shape index (κ3) is 4.89. The largest absolute Gasteiger partial charge is 0.109 e. The van der Waals surface area contributed by atoms with Crippen molar-refractivity contribution in [3.05, 3.63) is 10.4 Å². The zero-order chi connectivity index (χ0) is 5.70. The predicted octanol–water partition coefficient (Wildman–Crippen LogP) is 2.87. The molecule has 0 heterocycles. The molecule has 0 spiro atoms. The maximum Gasteiger partial charge on any atom is 0.0309 e. The summed E-state index contributed by atoms with van der Waals surface area (Å²) in [4.78, 5) is 6.08. The van der Waals surface area contributed by atoms with Crippen LogP contribution in [-0.4, -0.2) is 0 Å². The summed E-state index contributed by atoms with van der Waals surface area (Å²) in [5.74, 6) is 0. The fourth-order valence-corrected chi connectivity index (χ4v) is 1.08. The zero-order valence-corrected chi connectivity index (χ0v) is 7.65. The van der Waals surface area contributed by atoms with Gasteiger partial charge >= 0.3 is 0 Å². The van der Waals surface area contributed by atoms with Crippen LogP contribution in [0.1, 0.15) is 0 Å². The molecule has 0 radical (unpaired) electrons. The first-order valence-electron chi connectivity index (χ1n) is 1.37. The summed E-state index contributed by atoms with van der Waals surface area (Å²) >= 11 is 0. The number of nitrogens with zero attached hydrogens (tertiary/aromatic N) is 3. The Balaban J connectivity index is 3.35. The summed E-state index contributed by atoms with van der Waals surface area (Å²) in [6.07, 6.45) is 0. The van der Waals surface area contributed by atoms with E-state index in [1.807, 2.05) is 0 Å². The van der Waals surface area contributed by atoms with Gasteiger partial charge < -0.3 is 0 Å². The van der Waals surface area contributed by atoms with Gasteiger partial charge in [0, 0.05) is 12.4 Å². The van der Waals surface area contributed by atoms with Crippen LogP contribution in [0.25, 0.3) is 10.4 Å². The fraction of sp³-hybridized carbons (Fsp3) is 0. The third-order valence-corrected chi connectivity index (χ3v) is 8.58. The molecule has 7 heteroatoms. The van der Waals surface area contributed by atoms with Gasteiger partial charge in [0.2, 0.25) is 0 Å². The van der Waals surface area contributed by atoms with Gasteiger partial charge in [0.15, 0.2) is 0 Å². The molecule has 0 aromatic heterocycles. The molecular formula is H5N3P4. The Morgan fingerprint density at radius 1 is 1.86 bits per heavy atom. The SMILES string of the molecule is [N-]=[N+]=NP(P)PP. The summed E-state index contributed by atoms with van der Waals surface area (Å²) in [6.45, 7) is 0. The highest BCUT2D eigenvalue weighted by Crippen LogP contribution is 2.67. The Morgan fingerprint density at radius 2 is 2.43 bits per heavy atom. The van der Waals surface area contributed by atoms with Gasteiger partial charge in [0.25, 0.3) is 0 Å². The van der Waals surface area contributed by atoms with Crippen molar-refractivity contribution < 1.29 is 0 Å². The van der Waals surface area contributed by atoms with Crippen molar-refractivity contribution in [1.29, 1.82) is 0 Å². The van der Waals surface area contributed by atoms with Crippen LogP contribution in [0.15, 0.2) is 4.88 Å². The van der Waals surface area contributed by atoms with Crippen molar-refractivity contribution in [3.63, 3.8) is 0 Å². The first-order valence-corrected chi connectivity index (χ1v) is 7.93. The van der Waals surface area contributed by atoms with E-state index in [1.165, 1.54) is 0 Å². The molecule has 0 rings (SSSR count). The molecule has 0 saturated carbocycles. The highest BCUT2D eigenvalue weighted by Gasteiger charge is 1.87. The summed E-state index contributed by atoms with van der Waals surface area (Å²) < 4.78 is 0. The molecule has 0 aliphatic rings. The Hall–Kier alpha value is 1.03. The van der Waals surface area contributed by atoms with Crippen molar-refractivity contribution in [2.75, 3.05) is 0 Å². The second kappa shape index (κ2) is 5.17. The molecule has 4 unspecified atom stereocenters. The normalized spacial score (nSPS) is 14.0. The number of hydrogen-bond donors (Lipinski definition) is 0. The molecule has 0 N–H and O–H groups in total. The van der Waals surface area contributed by atoms with E-state index >= 15 is 0 Å². The Bertz CT molecular complexity index is 82.9. The smallest absolute Gasteiger partial charge is 0.0309 e. The van der Waals surface area contributed by atoms with Crippen LogP contribution in [0, 0.1) is 0 Å². The first-order chi connectivity index (χ1) is 3.31. The van der Waals surface area contributed by atoms with Gasteiger partial charge in [-0.2, -0.15) is 0 Å². The van der Waals surface area contributed by atoms with Gasteiger partial charge in [0.1, 0.15) is 0 Å². The molecule has 40 valence electrons. The van der Waals surface area contributed by atoms with Crippen LogP contribution < -0.4 is 0 Å². The molecule has 0 aromatic carbocycles. The summed E-state index contributed by atoms with van der Waals surface area (Å²) in [5, 5.41) is 0. The Kier molecular flexibility index (Phi) is 5.93. The lowest BCUT2D eigenvalue weighted by atomic mass is 13.0. The van der Waals surface area contributed by atoms with E-state index in [1.54, 1.807) is 0 Å². The Morgan fingerprint density at radius 3 is 2.57 bits per heavy atom. The third-order valence-electron chi connectivity index (χ3n) is 0.269. The van der Waals surface area contributed by atoms with Crippen molar-refractivity contribution in [2.24, 2.45) is 4.88 Å². The van der Waals surface area contributed by atoms with Gasteiger partial charge in [0.05, 0.1) is 0 Å². The van der Waals surface area contributed by atoms with E-state index in [9.17, 15) is 0 Å². The van der Waals surface area contributed by atoms with Crippen LogP contribution in [0.5, 0.6) is 0 Å². The molecule has 0 aromatic rings. The highest BCUT2D eigenvalue weighted by atomic mass is 32.6. The number of rotatable bonds is 2. The average molecular weight is 171 g/mol. The molecule has 0 aliphatic heterocycles. The second-order valence-corrected chi connectivity index (χ2v) is 9.27. The monoisotopic (exact) mass is 171 g/mol. The van der Waals surface area contributed by atoms with Crippen LogP contribution in [-0.2, 0) is 0 Å². The molecule has 7 heavy (non-hydrogen) atoms. The highest BCUT2D eigenvalue weighted by molar-refractivity contribution is 8.60. The molecule has 0 fully saturated rings. The van der Waals surface area contributed by atoms with Crippen molar-refractivity contribution in [2.45, 2.75) is 0 Å². The van der Waals surface area contributed by atoms with Gasteiger partial charge in [-0.25, -0.2) is 0 Å². The minimum atomic E-state index is -0.463. The number of hydrogen-bond acceptors (Lipinski definition) is 1. The molecule has 0 bridgehead atoms. The fourth-order valence-electron chi connectivity index (χ4n) is 0.0689. The molecular weight excluding hydrogens is 166 g/mol. The molecule has 0 amide bonds. The van der Waals surface area contributed by atoms with Crippen molar-refractivity contribution in [3.8, 4) is 0 Å². The summed E-state index contributed by atoms with van der Waals surface area (Å²) in [5.41, 5.74) is 7.82. The lowest BCUT2D eigenvalue weighted by Crippen LogP contribution is -1.23. The summed E-state index contributed by atoms with van der Waals surface area (Å²) in [7, 11) is 5.23. The van der Waals surface area contributed by atoms with Crippen LogP contribution in [0.4, 0.5) is 0 Å². The molecule has 0 saturated heterocycles. The Labute approximate surface area is 49.3 Å². The maximum absolute atomic E-state index is 7.82. The van der Waals surface area contributed by atoms with Crippen LogP contribution in [0.2, 0.25) is 0 Å². The van der Waals surface area contributed by atoms with Crippen molar-refractivity contribution >= 4 is 33.3 Å². The van der Waals surface area contributed by atoms with Gasteiger partial charge in [-0.3, -0.25) is 0 Å². The number of azide groups is 1. The molecule has 0 aliphatic carbocycles. The lowest BCUT2D eigenvalue weighted by Gasteiger charge is -1.92. The second-order valence-electron chi connectivity index (χ2n) is 0.653. The topological polar surface area (TPSA) is 48.8 Å². The predicted molar refractivity (Wildman–Crippen MR) is 43.8 cm³/mol. The van der Waals surface area contributed by atoms with Crippen molar-refractivity contribution in [1.82, 2.24) is 0 Å². The van der Waals surface area contributed by atoms with Gasteiger partial charge in [-0.05, 0) is 5.53 Å². The molecule has 3 nitrogen and oxygen atoms in total. The zero-order valence-electron chi connectivity index (χ0n) is 3.44. The van der Waals surface area contributed by atoms with E-state index in [0.717, 1.165) is 0 Å². The lowest BCUT2D eigenvalue weighted by molar-refractivity contribution is 1.81. The minimum absolute atomic E-state index is 0.463. The van der Waals surface area contributed by atoms with Gasteiger partial charge in [-0.15, -0.1) is 17.9 Å². The van der Waals surface area contributed by atoms with Gasteiger partial charge in [-0.1, -0.05) is 12.8 Å². The van der Waals surface area contributed by atoms with Crippen LogP contribution in [0.3, 0.4) is 0 Å². The van der Waals surface area contributed by atoms with Crippen LogP contribution >= 0.6 is 33.3 Å². The quantitative estimate of drug-likeness (QED) is 0.265. The maximum atomic E-state index is 7.82. The average Bonchev–Trinajstić information content (AvgIpc) is 1.68. The van der Waals surface area contributed by atoms with E-state index in [4.69, 9.17) is 5.53 Å². The van der Waals surface area contributed by atoms with E-state index < -0.39 is 7.45 Å². The van der Waals surface area contributed by atoms with E-state index in [0.29, 0.717) is 7.96 Å². The first kappa shape index (κ1) is 8.03. The standard InChI is InChI=1S/H5N3P4/c1-2-3-7(5)6-4/h6H,4-5H2. The van der Waals surface area contributed by atoms with E-state index in [2.05, 4.69) is 27.7 Å². The van der Waals surface area contributed by atoms with E-state index in [-0.39, 0.29) is 0 Å². The minimum Gasteiger partial charge on any atom is -0.109 e. The molecule has 4 atom stereocenters.